The number of anilines is 2. The van der Waals surface area contributed by atoms with Gasteiger partial charge in [-0.3, -0.25) is 19.1 Å². The number of alkyl halides is 3. The normalized spacial score (nSPS) is 18.0. The van der Waals surface area contributed by atoms with Crippen molar-refractivity contribution in [1.29, 1.82) is 0 Å². The molecule has 2 N–H and O–H groups in total. The number of nitrogens with one attached hydrogen (secondary N) is 1. The largest absolute Gasteiger partial charge is 0.486 e. The third kappa shape index (κ3) is 6.01. The van der Waals surface area contributed by atoms with Gasteiger partial charge in [-0.25, -0.2) is 13.2 Å². The Bertz CT molecular complexity index is 1440. The summed E-state index contributed by atoms with van der Waals surface area (Å²) in [5, 5.41) is 15.9. The van der Waals surface area contributed by atoms with Gasteiger partial charge in [-0.15, -0.1) is 5.10 Å². The second kappa shape index (κ2) is 10.9. The maximum Gasteiger partial charge on any atom is 0.427 e. The number of amides is 1. The Hall–Kier alpha value is -3.69. The number of halogens is 3. The van der Waals surface area contributed by atoms with Crippen molar-refractivity contribution in [2.24, 2.45) is 5.92 Å². The number of ether oxygens (including phenoxy) is 3. The smallest absolute Gasteiger partial charge is 0.427 e. The Kier molecular flexibility index (Phi) is 8.08. The number of carbonyl (C=O) groups is 2. The van der Waals surface area contributed by atoms with Crippen LogP contribution in [-0.2, 0) is 32.5 Å². The van der Waals surface area contributed by atoms with Gasteiger partial charge in [-0.2, -0.15) is 13.2 Å². The van der Waals surface area contributed by atoms with Crippen molar-refractivity contribution < 1.29 is 50.5 Å². The maximum atomic E-state index is 14.2. The Labute approximate surface area is 234 Å². The molecule has 0 saturated carbocycles. The number of aryl methyl sites for hydroxylation is 1. The van der Waals surface area contributed by atoms with Gasteiger partial charge in [-0.05, 0) is 57.7 Å². The molecule has 41 heavy (non-hydrogen) atoms. The summed E-state index contributed by atoms with van der Waals surface area (Å²) in [7, 11) is -3.09. The highest BCUT2D eigenvalue weighted by atomic mass is 32.2. The Morgan fingerprint density at radius 2 is 1.98 bits per heavy atom. The molecule has 2 aliphatic rings. The summed E-state index contributed by atoms with van der Waals surface area (Å²) in [6, 6.07) is 3.87. The van der Waals surface area contributed by atoms with E-state index in [0.29, 0.717) is 32.5 Å². The van der Waals surface area contributed by atoms with Gasteiger partial charge in [0.05, 0.1) is 31.0 Å². The van der Waals surface area contributed by atoms with Crippen LogP contribution in [0.15, 0.2) is 23.1 Å². The molecular formula is C25H31F3N4O8S. The number of carboxylic acid groups (broad SMARTS) is 1. The van der Waals surface area contributed by atoms with Gasteiger partial charge >= 0.3 is 18.2 Å². The van der Waals surface area contributed by atoms with Crippen LogP contribution in [0.25, 0.3) is 0 Å². The number of hydrogen-bond acceptors (Lipinski definition) is 8. The van der Waals surface area contributed by atoms with Gasteiger partial charge in [0.25, 0.3) is 15.9 Å². The Morgan fingerprint density at radius 3 is 2.61 bits per heavy atom. The lowest BCUT2D eigenvalue weighted by atomic mass is 10.0. The lowest BCUT2D eigenvalue weighted by Crippen LogP contribution is -2.45. The SMILES string of the molecule is COc1nn2c(c1S(=O)(=O)N1C[C@H](C[C@@H](C)C(=O)O)Oc3ccc(NC(=O)OC(C)(C)C(F)(F)F)cc31)CCCC2. The molecule has 226 valence electrons. The zero-order chi connectivity index (χ0) is 30.3. The molecule has 0 spiro atoms. The summed E-state index contributed by atoms with van der Waals surface area (Å²) in [6.45, 7) is 3.08. The summed E-state index contributed by atoms with van der Waals surface area (Å²) in [5.41, 5.74) is -2.40. The fraction of sp³-hybridized carbons (Fsp3) is 0.560. The number of benzene rings is 1. The van der Waals surface area contributed by atoms with Gasteiger partial charge in [-0.1, -0.05) is 6.92 Å². The van der Waals surface area contributed by atoms with Crippen molar-refractivity contribution in [3.63, 3.8) is 0 Å². The predicted molar refractivity (Wildman–Crippen MR) is 139 cm³/mol. The molecule has 1 amide bonds. The molecule has 2 atom stereocenters. The minimum absolute atomic E-state index is 0.0110. The Morgan fingerprint density at radius 1 is 1.27 bits per heavy atom. The van der Waals surface area contributed by atoms with Crippen LogP contribution in [0.2, 0.25) is 0 Å². The first-order valence-electron chi connectivity index (χ1n) is 12.8. The summed E-state index contributed by atoms with van der Waals surface area (Å²) in [4.78, 5) is 23.7. The number of rotatable bonds is 8. The maximum absolute atomic E-state index is 14.2. The van der Waals surface area contributed by atoms with Crippen molar-refractivity contribution >= 4 is 33.5 Å². The quantitative estimate of drug-likeness (QED) is 0.452. The molecule has 0 saturated heterocycles. The molecule has 0 unspecified atom stereocenters. The molecule has 1 aromatic heterocycles. The molecular weight excluding hydrogens is 573 g/mol. The third-order valence-electron chi connectivity index (χ3n) is 6.96. The van der Waals surface area contributed by atoms with Crippen molar-refractivity contribution in [3.05, 3.63) is 23.9 Å². The number of carbonyl (C=O) groups excluding carboxylic acids is 1. The van der Waals surface area contributed by atoms with Crippen molar-refractivity contribution in [2.45, 2.75) is 75.8 Å². The summed E-state index contributed by atoms with van der Waals surface area (Å²) >= 11 is 0. The fourth-order valence-electron chi connectivity index (χ4n) is 4.61. The van der Waals surface area contributed by atoms with E-state index in [4.69, 9.17) is 9.47 Å². The minimum Gasteiger partial charge on any atom is -0.486 e. The second-order valence-corrected chi connectivity index (χ2v) is 12.2. The van der Waals surface area contributed by atoms with Gasteiger partial charge in [0.2, 0.25) is 5.60 Å². The lowest BCUT2D eigenvalue weighted by molar-refractivity contribution is -0.242. The number of aliphatic carboxylic acids is 1. The first-order valence-corrected chi connectivity index (χ1v) is 14.3. The number of nitrogens with zero attached hydrogens (tertiary/aromatic N) is 3. The van der Waals surface area contributed by atoms with Crippen molar-refractivity contribution in [3.8, 4) is 11.6 Å². The molecule has 4 rings (SSSR count). The molecule has 16 heteroatoms. The number of hydrogen-bond donors (Lipinski definition) is 2. The Balaban J connectivity index is 1.74. The molecule has 3 heterocycles. The van der Waals surface area contributed by atoms with Crippen molar-refractivity contribution in [1.82, 2.24) is 9.78 Å². The van der Waals surface area contributed by atoms with E-state index in [0.717, 1.165) is 17.1 Å². The number of carboxylic acids is 1. The van der Waals surface area contributed by atoms with Gasteiger partial charge in [0.1, 0.15) is 11.9 Å². The standard InChI is InChI=1S/C25H31F3N4O8S/c1-14(22(33)34)11-16-13-32(41(36,37)20-17-7-5-6-10-31(17)30-21(20)38-4)18-12-15(8-9-19(18)39-16)29-23(35)40-24(2,3)25(26,27)28/h8-9,12,14,16H,5-7,10-11,13H2,1-4H3,(H,29,35)(H,33,34)/t14-,16+/m1/s1. The van der Waals surface area contributed by atoms with Crippen LogP contribution in [0.4, 0.5) is 29.3 Å². The average Bonchev–Trinajstić information content (AvgIpc) is 3.27. The molecule has 0 radical (unpaired) electrons. The first-order chi connectivity index (χ1) is 19.0. The number of fused-ring (bicyclic) bond motifs is 2. The fourth-order valence-corrected chi connectivity index (χ4v) is 6.44. The summed E-state index contributed by atoms with van der Waals surface area (Å²) in [5.74, 6) is -1.96. The van der Waals surface area contributed by atoms with E-state index in [9.17, 15) is 36.3 Å². The lowest BCUT2D eigenvalue weighted by Gasteiger charge is -2.36. The van der Waals surface area contributed by atoms with Crippen LogP contribution < -0.4 is 19.1 Å². The monoisotopic (exact) mass is 604 g/mol. The zero-order valence-corrected chi connectivity index (χ0v) is 23.6. The molecule has 2 aliphatic heterocycles. The highest BCUT2D eigenvalue weighted by molar-refractivity contribution is 7.93. The van der Waals surface area contributed by atoms with Crippen LogP contribution in [0.5, 0.6) is 11.6 Å². The number of methoxy groups -OCH3 is 1. The van der Waals surface area contributed by atoms with E-state index < -0.39 is 45.9 Å². The summed E-state index contributed by atoms with van der Waals surface area (Å²) < 4.78 is 86.5. The zero-order valence-electron chi connectivity index (χ0n) is 22.8. The molecule has 0 fully saturated rings. The van der Waals surface area contributed by atoms with Crippen LogP contribution in [-0.4, -0.2) is 66.9 Å². The van der Waals surface area contributed by atoms with E-state index in [1.165, 1.54) is 32.2 Å². The molecule has 0 bridgehead atoms. The van der Waals surface area contributed by atoms with E-state index in [2.05, 4.69) is 15.2 Å². The van der Waals surface area contributed by atoms with Crippen LogP contribution in [0.3, 0.4) is 0 Å². The third-order valence-corrected chi connectivity index (χ3v) is 8.81. The van der Waals surface area contributed by atoms with E-state index in [1.807, 2.05) is 0 Å². The molecule has 1 aromatic carbocycles. The van der Waals surface area contributed by atoms with E-state index in [-0.39, 0.29) is 40.9 Å². The summed E-state index contributed by atoms with van der Waals surface area (Å²) in [6.07, 6.45) is -5.11. The van der Waals surface area contributed by atoms with Crippen molar-refractivity contribution in [2.75, 3.05) is 23.3 Å². The second-order valence-electron chi connectivity index (χ2n) is 10.4. The number of sulfonamides is 1. The number of aromatic nitrogens is 2. The average molecular weight is 605 g/mol. The van der Waals surface area contributed by atoms with Gasteiger partial charge in [0.15, 0.2) is 4.90 Å². The van der Waals surface area contributed by atoms with Crippen LogP contribution >= 0.6 is 0 Å². The van der Waals surface area contributed by atoms with Gasteiger partial charge < -0.3 is 19.3 Å². The van der Waals surface area contributed by atoms with E-state index >= 15 is 0 Å². The minimum atomic E-state index is -4.83. The molecule has 2 aromatic rings. The topological polar surface area (TPSA) is 149 Å². The molecule has 0 aliphatic carbocycles. The first kappa shape index (κ1) is 30.3. The van der Waals surface area contributed by atoms with Crippen LogP contribution in [0, 0.1) is 5.92 Å². The highest BCUT2D eigenvalue weighted by Crippen LogP contribution is 2.43. The molecule has 12 nitrogen and oxygen atoms in total. The predicted octanol–water partition coefficient (Wildman–Crippen LogP) is 4.18. The van der Waals surface area contributed by atoms with Gasteiger partial charge in [0, 0.05) is 12.2 Å². The van der Waals surface area contributed by atoms with E-state index in [1.54, 1.807) is 4.68 Å². The van der Waals surface area contributed by atoms with Crippen LogP contribution in [0.1, 0.15) is 45.7 Å². The highest BCUT2D eigenvalue weighted by Gasteiger charge is 2.51.